The number of aryl methyl sites for hydroxylation is 2. The third kappa shape index (κ3) is 4.18. The number of hydrogen-bond acceptors (Lipinski definition) is 4. The maximum atomic E-state index is 13.8. The lowest BCUT2D eigenvalue weighted by Gasteiger charge is -2.39. The average molecular weight is 439 g/mol. The van der Waals surface area contributed by atoms with E-state index in [-0.39, 0.29) is 6.54 Å². The SMILES string of the molecule is Cc1ccc(N2CCN(C(C(=O)O)c3cn(CC(=O)O)c4cc(F)ccc34)CC2)c(C)c1. The zero-order valence-electron chi connectivity index (χ0n) is 18.1. The Hall–Kier alpha value is -3.39. The minimum absolute atomic E-state index is 0.368. The summed E-state index contributed by atoms with van der Waals surface area (Å²) in [6.45, 7) is 6.19. The van der Waals surface area contributed by atoms with Gasteiger partial charge in [0.05, 0.1) is 5.52 Å². The maximum absolute atomic E-state index is 13.8. The van der Waals surface area contributed by atoms with Crippen molar-refractivity contribution in [2.24, 2.45) is 0 Å². The molecule has 1 fully saturated rings. The lowest BCUT2D eigenvalue weighted by molar-refractivity contribution is -0.143. The van der Waals surface area contributed by atoms with E-state index in [2.05, 4.69) is 36.9 Å². The molecule has 0 amide bonds. The van der Waals surface area contributed by atoms with Crippen LogP contribution in [0.3, 0.4) is 0 Å². The van der Waals surface area contributed by atoms with E-state index in [1.54, 1.807) is 0 Å². The smallest absolute Gasteiger partial charge is 0.325 e. The molecule has 0 bridgehead atoms. The van der Waals surface area contributed by atoms with Gasteiger partial charge in [0.25, 0.3) is 0 Å². The molecule has 4 rings (SSSR count). The van der Waals surface area contributed by atoms with Crippen LogP contribution >= 0.6 is 0 Å². The summed E-state index contributed by atoms with van der Waals surface area (Å²) in [5.41, 5.74) is 4.39. The van der Waals surface area contributed by atoms with E-state index in [1.165, 1.54) is 40.1 Å². The Bertz CT molecular complexity index is 1180. The molecule has 0 saturated carbocycles. The van der Waals surface area contributed by atoms with Crippen molar-refractivity contribution in [1.82, 2.24) is 9.47 Å². The maximum Gasteiger partial charge on any atom is 0.325 e. The standard InChI is InChI=1S/C24H26FN3O4/c1-15-3-6-20(16(2)11-15)26-7-9-27(10-8-26)23(24(31)32)19-13-28(14-22(29)30)21-12-17(25)4-5-18(19)21/h3-6,11-13,23H,7-10,14H2,1-2H3,(H,29,30)(H,31,32). The summed E-state index contributed by atoms with van der Waals surface area (Å²) in [4.78, 5) is 27.8. The van der Waals surface area contributed by atoms with E-state index in [9.17, 15) is 24.2 Å². The van der Waals surface area contributed by atoms with Crippen LogP contribution in [-0.2, 0) is 16.1 Å². The molecule has 3 aromatic rings. The fraction of sp³-hybridized carbons (Fsp3) is 0.333. The van der Waals surface area contributed by atoms with Crippen LogP contribution < -0.4 is 4.90 Å². The van der Waals surface area contributed by atoms with E-state index >= 15 is 0 Å². The minimum atomic E-state index is -1.08. The van der Waals surface area contributed by atoms with Crippen LogP contribution in [0, 0.1) is 19.7 Å². The van der Waals surface area contributed by atoms with Crippen LogP contribution in [0.4, 0.5) is 10.1 Å². The predicted octanol–water partition coefficient (Wildman–Crippen LogP) is 3.43. The van der Waals surface area contributed by atoms with Crippen molar-refractivity contribution < 1.29 is 24.2 Å². The van der Waals surface area contributed by atoms with Gasteiger partial charge in [-0.3, -0.25) is 14.5 Å². The summed E-state index contributed by atoms with van der Waals surface area (Å²) in [5, 5.41) is 19.9. The van der Waals surface area contributed by atoms with Crippen LogP contribution in [0.15, 0.2) is 42.6 Å². The number of aromatic nitrogens is 1. The van der Waals surface area contributed by atoms with Gasteiger partial charge < -0.3 is 19.7 Å². The fourth-order valence-corrected chi connectivity index (χ4v) is 4.66. The molecule has 0 radical (unpaired) electrons. The Balaban J connectivity index is 1.63. The Morgan fingerprint density at radius 3 is 2.38 bits per heavy atom. The number of carboxylic acids is 2. The second-order valence-electron chi connectivity index (χ2n) is 8.32. The van der Waals surface area contributed by atoms with Crippen LogP contribution in [0.25, 0.3) is 10.9 Å². The van der Waals surface area contributed by atoms with Crippen molar-refractivity contribution in [2.75, 3.05) is 31.1 Å². The highest BCUT2D eigenvalue weighted by molar-refractivity contribution is 5.90. The number of fused-ring (bicyclic) bond motifs is 1. The molecule has 1 aliphatic heterocycles. The molecule has 1 atom stereocenters. The molecule has 1 aromatic heterocycles. The number of hydrogen-bond donors (Lipinski definition) is 2. The number of aliphatic carboxylic acids is 2. The van der Waals surface area contributed by atoms with Crippen LogP contribution in [0.2, 0.25) is 0 Å². The van der Waals surface area contributed by atoms with Gasteiger partial charge in [0, 0.05) is 49.0 Å². The molecule has 2 aromatic carbocycles. The summed E-state index contributed by atoms with van der Waals surface area (Å²) >= 11 is 0. The first-order valence-electron chi connectivity index (χ1n) is 10.5. The molecule has 2 N–H and O–H groups in total. The van der Waals surface area contributed by atoms with E-state index in [0.29, 0.717) is 42.6 Å². The number of piperazine rings is 1. The Kier molecular flexibility index (Phi) is 5.88. The highest BCUT2D eigenvalue weighted by Gasteiger charge is 2.33. The predicted molar refractivity (Wildman–Crippen MR) is 120 cm³/mol. The summed E-state index contributed by atoms with van der Waals surface area (Å²) in [6.07, 6.45) is 1.54. The molecule has 1 aliphatic rings. The molecule has 0 spiro atoms. The summed E-state index contributed by atoms with van der Waals surface area (Å²) in [6, 6.07) is 9.42. The number of carboxylic acid groups (broad SMARTS) is 2. The van der Waals surface area contributed by atoms with E-state index in [4.69, 9.17) is 0 Å². The van der Waals surface area contributed by atoms with Crippen LogP contribution in [-0.4, -0.2) is 57.8 Å². The molecular weight excluding hydrogens is 413 g/mol. The van der Waals surface area contributed by atoms with Gasteiger partial charge in [-0.1, -0.05) is 17.7 Å². The quantitative estimate of drug-likeness (QED) is 0.612. The van der Waals surface area contributed by atoms with Crippen molar-refractivity contribution >= 4 is 28.5 Å². The molecule has 168 valence electrons. The van der Waals surface area contributed by atoms with Gasteiger partial charge in [-0.25, -0.2) is 4.39 Å². The van der Waals surface area contributed by atoms with Gasteiger partial charge in [0.15, 0.2) is 0 Å². The van der Waals surface area contributed by atoms with Crippen molar-refractivity contribution in [3.63, 3.8) is 0 Å². The van der Waals surface area contributed by atoms with Gasteiger partial charge in [-0.2, -0.15) is 0 Å². The second-order valence-corrected chi connectivity index (χ2v) is 8.32. The summed E-state index contributed by atoms with van der Waals surface area (Å²) in [7, 11) is 0. The van der Waals surface area contributed by atoms with Gasteiger partial charge >= 0.3 is 11.9 Å². The topological polar surface area (TPSA) is 86.0 Å². The van der Waals surface area contributed by atoms with E-state index in [0.717, 1.165) is 5.69 Å². The molecule has 1 saturated heterocycles. The summed E-state index contributed by atoms with van der Waals surface area (Å²) in [5.74, 6) is -2.59. The summed E-state index contributed by atoms with van der Waals surface area (Å²) < 4.78 is 15.2. The second kappa shape index (κ2) is 8.63. The molecule has 7 nitrogen and oxygen atoms in total. The number of halogens is 1. The van der Waals surface area contributed by atoms with Crippen LogP contribution in [0.5, 0.6) is 0 Å². The zero-order chi connectivity index (χ0) is 23.0. The Morgan fingerprint density at radius 2 is 1.75 bits per heavy atom. The first-order valence-corrected chi connectivity index (χ1v) is 10.5. The third-order valence-corrected chi connectivity index (χ3v) is 6.08. The zero-order valence-corrected chi connectivity index (χ0v) is 18.1. The van der Waals surface area contributed by atoms with Gasteiger partial charge in [0.2, 0.25) is 0 Å². The number of rotatable bonds is 6. The largest absolute Gasteiger partial charge is 0.480 e. The molecule has 0 aliphatic carbocycles. The highest BCUT2D eigenvalue weighted by Crippen LogP contribution is 2.33. The van der Waals surface area contributed by atoms with Crippen molar-refractivity contribution in [3.05, 3.63) is 65.1 Å². The molecular formula is C24H26FN3O4. The third-order valence-electron chi connectivity index (χ3n) is 6.08. The average Bonchev–Trinajstić information content (AvgIpc) is 3.05. The number of nitrogens with zero attached hydrogens (tertiary/aromatic N) is 3. The van der Waals surface area contributed by atoms with Gasteiger partial charge in [-0.15, -0.1) is 0 Å². The van der Waals surface area contributed by atoms with Crippen molar-refractivity contribution in [1.29, 1.82) is 0 Å². The molecule has 1 unspecified atom stereocenters. The van der Waals surface area contributed by atoms with Crippen molar-refractivity contribution in [3.8, 4) is 0 Å². The lowest BCUT2D eigenvalue weighted by atomic mass is 10.0. The molecule has 32 heavy (non-hydrogen) atoms. The lowest BCUT2D eigenvalue weighted by Crippen LogP contribution is -2.49. The molecule has 2 heterocycles. The van der Waals surface area contributed by atoms with Gasteiger partial charge in [0.1, 0.15) is 18.4 Å². The first-order chi connectivity index (χ1) is 15.2. The monoisotopic (exact) mass is 439 g/mol. The molecule has 8 heteroatoms. The van der Waals surface area contributed by atoms with Gasteiger partial charge in [-0.05, 0) is 43.7 Å². The fourth-order valence-electron chi connectivity index (χ4n) is 4.66. The van der Waals surface area contributed by atoms with E-state index in [1.807, 2.05) is 4.90 Å². The number of carbonyl (C=O) groups is 2. The first kappa shape index (κ1) is 21.8. The van der Waals surface area contributed by atoms with Crippen LogP contribution in [0.1, 0.15) is 22.7 Å². The normalized spacial score (nSPS) is 15.8. The highest BCUT2D eigenvalue weighted by atomic mass is 19.1. The number of benzene rings is 2. The Labute approximate surface area is 185 Å². The van der Waals surface area contributed by atoms with E-state index < -0.39 is 23.8 Å². The Morgan fingerprint density at radius 1 is 1.03 bits per heavy atom. The van der Waals surface area contributed by atoms with Crippen molar-refractivity contribution in [2.45, 2.75) is 26.4 Å². The number of anilines is 1. The minimum Gasteiger partial charge on any atom is -0.480 e.